The third kappa shape index (κ3) is 6.95. The van der Waals surface area contributed by atoms with Crippen LogP contribution < -0.4 is 0 Å². The lowest BCUT2D eigenvalue weighted by molar-refractivity contribution is -0.137. The number of alkyl halides is 2. The summed E-state index contributed by atoms with van der Waals surface area (Å²) in [5, 5.41) is 8.41. The molecule has 0 aliphatic heterocycles. The Bertz CT molecular complexity index is 213. The fourth-order valence-corrected chi connectivity index (χ4v) is 1.63. The molecule has 1 saturated carbocycles. The second kappa shape index (κ2) is 7.79. The molecule has 0 bridgehead atoms. The summed E-state index contributed by atoms with van der Waals surface area (Å²) in [6.07, 6.45) is 1.12. The zero-order chi connectivity index (χ0) is 11.3. The molecule has 1 aliphatic rings. The zero-order valence-electron chi connectivity index (χ0n) is 9.07. The molecular weight excluding hydrogens is 240 g/mol. The van der Waals surface area contributed by atoms with Crippen LogP contribution in [0.2, 0.25) is 0 Å². The van der Waals surface area contributed by atoms with E-state index in [0.29, 0.717) is 25.4 Å². The van der Waals surface area contributed by atoms with E-state index in [2.05, 4.69) is 0 Å². The number of aliphatic carboxylic acids is 1. The monoisotopic (exact) mass is 257 g/mol. The highest BCUT2D eigenvalue weighted by Crippen LogP contribution is 2.27. The zero-order valence-corrected chi connectivity index (χ0v) is 9.89. The van der Waals surface area contributed by atoms with Crippen molar-refractivity contribution in [1.29, 1.82) is 0 Å². The standard InChI is InChI=1S/C10H17F2NO2.ClH/c11-9(12)7-13(8-4-5-8)6-2-1-3-10(14)15;/h8-9H,1-7H2,(H,14,15);1H. The van der Waals surface area contributed by atoms with E-state index < -0.39 is 12.4 Å². The molecule has 3 nitrogen and oxygen atoms in total. The van der Waals surface area contributed by atoms with Crippen molar-refractivity contribution in [2.45, 2.75) is 44.6 Å². The van der Waals surface area contributed by atoms with Gasteiger partial charge in [0.2, 0.25) is 0 Å². The Labute approximate surface area is 100 Å². The number of halogens is 3. The molecule has 0 aromatic rings. The van der Waals surface area contributed by atoms with Crippen LogP contribution in [0.25, 0.3) is 0 Å². The number of unbranched alkanes of at least 4 members (excludes halogenated alkanes) is 1. The lowest BCUT2D eigenvalue weighted by Crippen LogP contribution is -2.32. The van der Waals surface area contributed by atoms with E-state index in [1.165, 1.54) is 0 Å². The molecule has 0 aromatic carbocycles. The molecular formula is C10H18ClF2NO2. The fraction of sp³-hybridized carbons (Fsp3) is 0.900. The quantitative estimate of drug-likeness (QED) is 0.679. The van der Waals surface area contributed by atoms with E-state index >= 15 is 0 Å². The Morgan fingerprint density at radius 1 is 1.38 bits per heavy atom. The van der Waals surface area contributed by atoms with Crippen LogP contribution in [0.5, 0.6) is 0 Å². The lowest BCUT2D eigenvalue weighted by Gasteiger charge is -2.20. The Morgan fingerprint density at radius 3 is 2.44 bits per heavy atom. The van der Waals surface area contributed by atoms with Gasteiger partial charge in [-0.1, -0.05) is 0 Å². The predicted octanol–water partition coefficient (Wildman–Crippen LogP) is 2.39. The maximum Gasteiger partial charge on any atom is 0.303 e. The summed E-state index contributed by atoms with van der Waals surface area (Å²) in [5.41, 5.74) is 0. The number of nitrogens with zero attached hydrogens (tertiary/aromatic N) is 1. The van der Waals surface area contributed by atoms with Crippen molar-refractivity contribution in [1.82, 2.24) is 4.90 Å². The number of carboxylic acid groups (broad SMARTS) is 1. The molecule has 0 atom stereocenters. The molecule has 1 N–H and O–H groups in total. The third-order valence-corrected chi connectivity index (χ3v) is 2.52. The molecule has 0 amide bonds. The molecule has 0 unspecified atom stereocenters. The Hall–Kier alpha value is -0.420. The van der Waals surface area contributed by atoms with Gasteiger partial charge in [0, 0.05) is 12.5 Å². The van der Waals surface area contributed by atoms with Gasteiger partial charge in [0.15, 0.2) is 0 Å². The van der Waals surface area contributed by atoms with Gasteiger partial charge in [-0.3, -0.25) is 9.69 Å². The number of carbonyl (C=O) groups is 1. The summed E-state index contributed by atoms with van der Waals surface area (Å²) < 4.78 is 24.3. The molecule has 0 aromatic heterocycles. The van der Waals surface area contributed by atoms with E-state index in [-0.39, 0.29) is 25.4 Å². The van der Waals surface area contributed by atoms with Gasteiger partial charge in [-0.25, -0.2) is 8.78 Å². The average Bonchev–Trinajstić information content (AvgIpc) is 2.92. The van der Waals surface area contributed by atoms with Gasteiger partial charge in [0.05, 0.1) is 6.54 Å². The van der Waals surface area contributed by atoms with E-state index in [9.17, 15) is 13.6 Å². The van der Waals surface area contributed by atoms with Crippen LogP contribution in [0.1, 0.15) is 32.1 Å². The molecule has 96 valence electrons. The topological polar surface area (TPSA) is 40.5 Å². The summed E-state index contributed by atoms with van der Waals surface area (Å²) in [6, 6.07) is 0.323. The van der Waals surface area contributed by atoms with Gasteiger partial charge in [-0.05, 0) is 32.2 Å². The minimum Gasteiger partial charge on any atom is -0.481 e. The SMILES string of the molecule is Cl.O=C(O)CCCCN(CC(F)F)C1CC1. The Morgan fingerprint density at radius 2 is 2.00 bits per heavy atom. The molecule has 1 aliphatic carbocycles. The highest BCUT2D eigenvalue weighted by molar-refractivity contribution is 5.85. The van der Waals surface area contributed by atoms with Crippen LogP contribution in [-0.2, 0) is 4.79 Å². The summed E-state index contributed by atoms with van der Waals surface area (Å²) in [6.45, 7) is 0.431. The molecule has 6 heteroatoms. The molecule has 1 rings (SSSR count). The van der Waals surface area contributed by atoms with Gasteiger partial charge < -0.3 is 5.11 Å². The number of rotatable bonds is 8. The van der Waals surface area contributed by atoms with Crippen molar-refractivity contribution in [3.8, 4) is 0 Å². The number of hydrogen-bond donors (Lipinski definition) is 1. The summed E-state index contributed by atoms with van der Waals surface area (Å²) in [4.78, 5) is 12.0. The summed E-state index contributed by atoms with van der Waals surface area (Å²) in [7, 11) is 0. The van der Waals surface area contributed by atoms with Gasteiger partial charge in [0.1, 0.15) is 0 Å². The maximum atomic E-state index is 12.2. The van der Waals surface area contributed by atoms with Crippen molar-refractivity contribution in [2.24, 2.45) is 0 Å². The van der Waals surface area contributed by atoms with Gasteiger partial charge in [-0.15, -0.1) is 12.4 Å². The first-order valence-electron chi connectivity index (χ1n) is 5.33. The van der Waals surface area contributed by atoms with E-state index in [1.807, 2.05) is 0 Å². The molecule has 0 spiro atoms. The molecule has 16 heavy (non-hydrogen) atoms. The van der Waals surface area contributed by atoms with Crippen LogP contribution in [0.3, 0.4) is 0 Å². The minimum absolute atomic E-state index is 0. The smallest absolute Gasteiger partial charge is 0.303 e. The number of carboxylic acids is 1. The van der Waals surface area contributed by atoms with Crippen LogP contribution in [-0.4, -0.2) is 41.5 Å². The molecule has 0 radical (unpaired) electrons. The fourth-order valence-electron chi connectivity index (χ4n) is 1.63. The normalized spacial score (nSPS) is 15.2. The lowest BCUT2D eigenvalue weighted by atomic mass is 10.2. The first kappa shape index (κ1) is 15.6. The third-order valence-electron chi connectivity index (χ3n) is 2.52. The van der Waals surface area contributed by atoms with E-state index in [1.54, 1.807) is 4.90 Å². The second-order valence-corrected chi connectivity index (χ2v) is 3.97. The van der Waals surface area contributed by atoms with Crippen LogP contribution in [0.4, 0.5) is 8.78 Å². The highest BCUT2D eigenvalue weighted by atomic mass is 35.5. The molecule has 0 heterocycles. The first-order chi connectivity index (χ1) is 7.09. The van der Waals surface area contributed by atoms with Crippen LogP contribution in [0.15, 0.2) is 0 Å². The van der Waals surface area contributed by atoms with Gasteiger partial charge in [-0.2, -0.15) is 0 Å². The van der Waals surface area contributed by atoms with Crippen molar-refractivity contribution >= 4 is 18.4 Å². The van der Waals surface area contributed by atoms with E-state index in [4.69, 9.17) is 5.11 Å². The highest BCUT2D eigenvalue weighted by Gasteiger charge is 2.30. The van der Waals surface area contributed by atoms with E-state index in [0.717, 1.165) is 12.8 Å². The average molecular weight is 258 g/mol. The van der Waals surface area contributed by atoms with Crippen LogP contribution in [0, 0.1) is 0 Å². The summed E-state index contributed by atoms with van der Waals surface area (Å²) in [5.74, 6) is -0.818. The van der Waals surface area contributed by atoms with Crippen molar-refractivity contribution in [3.05, 3.63) is 0 Å². The second-order valence-electron chi connectivity index (χ2n) is 3.97. The first-order valence-corrected chi connectivity index (χ1v) is 5.33. The minimum atomic E-state index is -2.29. The number of hydrogen-bond acceptors (Lipinski definition) is 2. The largest absolute Gasteiger partial charge is 0.481 e. The van der Waals surface area contributed by atoms with Crippen molar-refractivity contribution in [2.75, 3.05) is 13.1 Å². The molecule has 0 saturated heterocycles. The summed E-state index contributed by atoms with van der Waals surface area (Å²) >= 11 is 0. The van der Waals surface area contributed by atoms with Crippen LogP contribution >= 0.6 is 12.4 Å². The Balaban J connectivity index is 0.00000225. The predicted molar refractivity (Wildman–Crippen MR) is 59.3 cm³/mol. The van der Waals surface area contributed by atoms with Gasteiger partial charge in [0.25, 0.3) is 6.43 Å². The maximum absolute atomic E-state index is 12.2. The Kier molecular flexibility index (Phi) is 7.58. The van der Waals surface area contributed by atoms with Crippen molar-refractivity contribution in [3.63, 3.8) is 0 Å². The van der Waals surface area contributed by atoms with Crippen molar-refractivity contribution < 1.29 is 18.7 Å². The van der Waals surface area contributed by atoms with Gasteiger partial charge >= 0.3 is 5.97 Å². The molecule has 1 fully saturated rings.